The van der Waals surface area contributed by atoms with Gasteiger partial charge >= 0.3 is 0 Å². The van der Waals surface area contributed by atoms with Crippen molar-refractivity contribution < 1.29 is 0 Å². The highest BCUT2D eigenvalue weighted by atomic mass is 15.1. The van der Waals surface area contributed by atoms with Crippen LogP contribution in [0.3, 0.4) is 0 Å². The summed E-state index contributed by atoms with van der Waals surface area (Å²) in [6, 6.07) is 61.3. The molecule has 0 radical (unpaired) electrons. The van der Waals surface area contributed by atoms with Crippen molar-refractivity contribution in [3.63, 3.8) is 0 Å². The third-order valence-electron chi connectivity index (χ3n) is 13.4. The van der Waals surface area contributed by atoms with Gasteiger partial charge in [0.05, 0.1) is 0 Å². The van der Waals surface area contributed by atoms with Crippen LogP contribution in [0.1, 0.15) is 105 Å². The summed E-state index contributed by atoms with van der Waals surface area (Å²) in [6.45, 7) is 16.8. The molecule has 0 bridgehead atoms. The van der Waals surface area contributed by atoms with Crippen molar-refractivity contribution in [1.82, 2.24) is 0 Å². The number of anilines is 3. The van der Waals surface area contributed by atoms with Crippen molar-refractivity contribution in [2.24, 2.45) is 0 Å². The summed E-state index contributed by atoms with van der Waals surface area (Å²) in [5, 5.41) is 0. The van der Waals surface area contributed by atoms with E-state index in [2.05, 4.69) is 217 Å². The topological polar surface area (TPSA) is 3.24 Å². The molecule has 0 aromatic heterocycles. The molecule has 0 saturated carbocycles. The zero-order valence-corrected chi connectivity index (χ0v) is 33.3. The van der Waals surface area contributed by atoms with E-state index in [4.69, 9.17) is 0 Å². The average Bonchev–Trinajstić information content (AvgIpc) is 3.60. The second kappa shape index (κ2) is 13.0. The first kappa shape index (κ1) is 35.1. The Bertz CT molecular complexity index is 2500. The summed E-state index contributed by atoms with van der Waals surface area (Å²) in [5.41, 5.74) is 20.0. The summed E-state index contributed by atoms with van der Waals surface area (Å²) >= 11 is 0. The molecule has 1 heteroatoms. The molecule has 0 aliphatic heterocycles. The van der Waals surface area contributed by atoms with Gasteiger partial charge in [0, 0.05) is 39.2 Å². The Hall–Kier alpha value is -5.66. The molecule has 0 amide bonds. The summed E-state index contributed by atoms with van der Waals surface area (Å²) in [6.07, 6.45) is 1.03. The first-order chi connectivity index (χ1) is 26.5. The molecule has 9 rings (SSSR count). The van der Waals surface area contributed by atoms with Crippen LogP contribution in [0.4, 0.5) is 17.1 Å². The van der Waals surface area contributed by atoms with Gasteiger partial charge in [-0.3, -0.25) is 0 Å². The standard InChI is InChI=1S/C54H51N/c1-8-54(7,39-26-31-46-44-21-15-16-22-48(44)52(3,4)50(46)34-39)40-27-32-47-45-30-25-38(33-49(45)53(5,6)51(47)35-40)36(2)37-23-28-43(29-24-37)55(41-17-11-9-12-18-41)42-19-13-10-14-20-42/h9-36H,8H2,1-7H3. The minimum atomic E-state index is -0.109. The molecule has 2 aliphatic rings. The third-order valence-corrected chi connectivity index (χ3v) is 13.4. The molecule has 0 heterocycles. The number of fused-ring (bicyclic) bond motifs is 6. The van der Waals surface area contributed by atoms with E-state index in [9.17, 15) is 0 Å². The third kappa shape index (κ3) is 5.50. The van der Waals surface area contributed by atoms with Gasteiger partial charge in [0.2, 0.25) is 0 Å². The van der Waals surface area contributed by atoms with Crippen LogP contribution in [-0.4, -0.2) is 0 Å². The maximum atomic E-state index is 2.54. The van der Waals surface area contributed by atoms with Gasteiger partial charge in [0.25, 0.3) is 0 Å². The average molecular weight is 714 g/mol. The van der Waals surface area contributed by atoms with Crippen LogP contribution in [0.15, 0.2) is 164 Å². The van der Waals surface area contributed by atoms with E-state index in [1.165, 1.54) is 66.8 Å². The van der Waals surface area contributed by atoms with Gasteiger partial charge < -0.3 is 4.90 Å². The van der Waals surface area contributed by atoms with Gasteiger partial charge in [-0.2, -0.15) is 0 Å². The van der Waals surface area contributed by atoms with Crippen molar-refractivity contribution in [2.45, 2.75) is 77.0 Å². The van der Waals surface area contributed by atoms with Crippen LogP contribution in [-0.2, 0) is 16.2 Å². The molecule has 272 valence electrons. The highest BCUT2D eigenvalue weighted by molar-refractivity contribution is 5.83. The van der Waals surface area contributed by atoms with Crippen LogP contribution < -0.4 is 4.90 Å². The monoisotopic (exact) mass is 713 g/mol. The predicted molar refractivity (Wildman–Crippen MR) is 233 cm³/mol. The number of benzene rings is 7. The molecule has 55 heavy (non-hydrogen) atoms. The lowest BCUT2D eigenvalue weighted by Crippen LogP contribution is -2.25. The highest BCUT2D eigenvalue weighted by Gasteiger charge is 2.40. The largest absolute Gasteiger partial charge is 0.311 e. The van der Waals surface area contributed by atoms with Gasteiger partial charge in [-0.1, -0.05) is 176 Å². The normalized spacial score (nSPS) is 16.0. The highest BCUT2D eigenvalue weighted by Crippen LogP contribution is 2.53. The lowest BCUT2D eigenvalue weighted by Gasteiger charge is -2.33. The first-order valence-electron chi connectivity index (χ1n) is 20.1. The zero-order valence-electron chi connectivity index (χ0n) is 33.3. The number of hydrogen-bond donors (Lipinski definition) is 0. The fourth-order valence-corrected chi connectivity index (χ4v) is 9.70. The molecular weight excluding hydrogens is 663 g/mol. The zero-order chi connectivity index (χ0) is 38.1. The molecule has 2 aliphatic carbocycles. The van der Waals surface area contributed by atoms with E-state index >= 15 is 0 Å². The maximum absolute atomic E-state index is 2.54. The Balaban J connectivity index is 1.02. The van der Waals surface area contributed by atoms with Crippen molar-refractivity contribution in [3.05, 3.63) is 208 Å². The van der Waals surface area contributed by atoms with E-state index in [1.807, 2.05) is 0 Å². The van der Waals surface area contributed by atoms with E-state index in [0.29, 0.717) is 0 Å². The number of rotatable bonds is 8. The van der Waals surface area contributed by atoms with E-state index in [1.54, 1.807) is 0 Å². The predicted octanol–water partition coefficient (Wildman–Crippen LogP) is 14.6. The van der Waals surface area contributed by atoms with Crippen LogP contribution in [0, 0.1) is 0 Å². The fraction of sp³-hybridized carbons (Fsp3) is 0.222. The number of para-hydroxylation sites is 2. The molecule has 1 nitrogen and oxygen atoms in total. The molecule has 7 aromatic rings. The molecule has 0 N–H and O–H groups in total. The molecule has 0 saturated heterocycles. The molecule has 0 fully saturated rings. The lowest BCUT2D eigenvalue weighted by molar-refractivity contribution is 0.544. The molecule has 2 atom stereocenters. The SMILES string of the molecule is CCC(C)(c1ccc2c(c1)C(C)(C)c1ccccc1-2)c1ccc2c(c1)C(C)(C)c1cc(C(C)c3ccc(N(c4ccccc4)c4ccccc4)cc3)ccc1-2. The van der Waals surface area contributed by atoms with E-state index < -0.39 is 0 Å². The van der Waals surface area contributed by atoms with Gasteiger partial charge in [0.1, 0.15) is 0 Å². The Morgan fingerprint density at radius 3 is 1.42 bits per heavy atom. The summed E-state index contributed by atoms with van der Waals surface area (Å²) in [7, 11) is 0. The van der Waals surface area contributed by atoms with Gasteiger partial charge in [-0.05, 0) is 110 Å². The van der Waals surface area contributed by atoms with Gasteiger partial charge in [0.15, 0.2) is 0 Å². The Kier molecular flexibility index (Phi) is 8.28. The van der Waals surface area contributed by atoms with Crippen molar-refractivity contribution >= 4 is 17.1 Å². The van der Waals surface area contributed by atoms with Crippen molar-refractivity contribution in [2.75, 3.05) is 4.90 Å². The Morgan fingerprint density at radius 1 is 0.455 bits per heavy atom. The van der Waals surface area contributed by atoms with Crippen molar-refractivity contribution in [3.8, 4) is 22.3 Å². The minimum Gasteiger partial charge on any atom is -0.311 e. The molecule has 0 spiro atoms. The first-order valence-corrected chi connectivity index (χ1v) is 20.1. The summed E-state index contributed by atoms with van der Waals surface area (Å²) < 4.78 is 0. The summed E-state index contributed by atoms with van der Waals surface area (Å²) in [5.74, 6) is 0.259. The Labute approximate surface area is 328 Å². The van der Waals surface area contributed by atoms with Gasteiger partial charge in [-0.15, -0.1) is 0 Å². The lowest BCUT2D eigenvalue weighted by atomic mass is 9.71. The summed E-state index contributed by atoms with van der Waals surface area (Å²) in [4.78, 5) is 2.32. The second-order valence-corrected chi connectivity index (χ2v) is 17.1. The van der Waals surface area contributed by atoms with Crippen LogP contribution in [0.25, 0.3) is 22.3 Å². The maximum Gasteiger partial charge on any atom is 0.0461 e. The number of hydrogen-bond acceptors (Lipinski definition) is 1. The fourth-order valence-electron chi connectivity index (χ4n) is 9.70. The molecule has 2 unspecified atom stereocenters. The van der Waals surface area contributed by atoms with Gasteiger partial charge in [-0.25, -0.2) is 0 Å². The van der Waals surface area contributed by atoms with E-state index in [-0.39, 0.29) is 22.2 Å². The van der Waals surface area contributed by atoms with Crippen LogP contribution >= 0.6 is 0 Å². The second-order valence-electron chi connectivity index (χ2n) is 17.1. The van der Waals surface area contributed by atoms with Crippen LogP contribution in [0.2, 0.25) is 0 Å². The number of nitrogens with zero attached hydrogens (tertiary/aromatic N) is 1. The van der Waals surface area contributed by atoms with Crippen molar-refractivity contribution in [1.29, 1.82) is 0 Å². The molecular formula is C54H51N. The smallest absolute Gasteiger partial charge is 0.0461 e. The Morgan fingerprint density at radius 2 is 0.873 bits per heavy atom. The van der Waals surface area contributed by atoms with Crippen LogP contribution in [0.5, 0.6) is 0 Å². The quantitative estimate of drug-likeness (QED) is 0.152. The van der Waals surface area contributed by atoms with E-state index in [0.717, 1.165) is 23.5 Å². The minimum absolute atomic E-state index is 0.0142. The molecule has 7 aromatic carbocycles.